The van der Waals surface area contributed by atoms with Gasteiger partial charge in [0.15, 0.2) is 12.6 Å². The first kappa shape index (κ1) is 71.6. The third kappa shape index (κ3) is 36.5. The molecule has 77 heavy (non-hydrogen) atoms. The average Bonchev–Trinajstić information content (AvgIpc) is 3.43. The van der Waals surface area contributed by atoms with Gasteiger partial charge in [0.2, 0.25) is 0 Å². The minimum absolute atomic E-state index is 0.0644. The van der Waals surface area contributed by atoms with Gasteiger partial charge in [-0.25, -0.2) is 0 Å². The molecule has 14 nitrogen and oxygen atoms in total. The third-order valence-electron chi connectivity index (χ3n) is 15.4. The number of aliphatic hydroxyl groups is 7. The third-order valence-corrected chi connectivity index (χ3v) is 15.4. The molecule has 2 saturated heterocycles. The Kier molecular flexibility index (Phi) is 46.7. The highest BCUT2D eigenvalue weighted by Gasteiger charge is 2.47. The lowest BCUT2D eigenvalue weighted by molar-refractivity contribution is -0.332. The molecule has 2 aliphatic heterocycles. The minimum atomic E-state index is -1.71. The highest BCUT2D eigenvalue weighted by molar-refractivity contribution is 5.69. The van der Waals surface area contributed by atoms with E-state index in [1.54, 1.807) is 0 Å². The van der Waals surface area contributed by atoms with Gasteiger partial charge in [-0.3, -0.25) is 4.79 Å². The Balaban J connectivity index is 1.67. The van der Waals surface area contributed by atoms with Crippen LogP contribution in [0.3, 0.4) is 0 Å². The first-order valence-electron chi connectivity index (χ1n) is 31.9. The van der Waals surface area contributed by atoms with Crippen molar-refractivity contribution in [1.82, 2.24) is 0 Å². The first-order chi connectivity index (χ1) is 37.6. The van der Waals surface area contributed by atoms with Crippen LogP contribution in [0.4, 0.5) is 0 Å². The van der Waals surface area contributed by atoms with Gasteiger partial charge < -0.3 is 64.2 Å². The zero-order valence-corrected chi connectivity index (χ0v) is 49.0. The molecule has 0 aliphatic carbocycles. The van der Waals surface area contributed by atoms with Crippen molar-refractivity contribution in [3.63, 3.8) is 0 Å². The molecule has 2 rings (SSSR count). The summed E-state index contributed by atoms with van der Waals surface area (Å²) in [4.78, 5) is 13.1. The lowest BCUT2D eigenvalue weighted by atomic mass is 9.98. The van der Waals surface area contributed by atoms with Gasteiger partial charge in [0.05, 0.1) is 26.4 Å². The number of unbranched alkanes of at least 4 members (excludes halogenated alkanes) is 35. The van der Waals surface area contributed by atoms with E-state index in [1.165, 1.54) is 205 Å². The van der Waals surface area contributed by atoms with Gasteiger partial charge in [-0.15, -0.1) is 0 Å². The van der Waals surface area contributed by atoms with Crippen LogP contribution in [-0.4, -0.2) is 142 Å². The fraction of sp³-hybridized carbons (Fsp3) is 0.921. The van der Waals surface area contributed by atoms with Crippen molar-refractivity contribution in [2.75, 3.05) is 33.0 Å². The SMILES string of the molecule is CCCCCCCC/C=C\CCCCCCCCCCCC(=O)OC(COCCCCCCCCCCCCCC/C=C\CCCCCCCCCC)COC1OC(COC2OC(CO)C(O)C(O)C2O)C(O)C(O)C1O. The van der Waals surface area contributed by atoms with Crippen molar-refractivity contribution >= 4 is 5.97 Å². The quantitative estimate of drug-likeness (QED) is 0.0172. The number of rotatable bonds is 53. The highest BCUT2D eigenvalue weighted by Crippen LogP contribution is 2.27. The van der Waals surface area contributed by atoms with E-state index in [0.29, 0.717) is 13.0 Å². The van der Waals surface area contributed by atoms with E-state index in [4.69, 9.17) is 28.4 Å². The summed E-state index contributed by atoms with van der Waals surface area (Å²) in [5, 5.41) is 72.5. The number of aliphatic hydroxyl groups excluding tert-OH is 7. The van der Waals surface area contributed by atoms with E-state index >= 15 is 0 Å². The van der Waals surface area contributed by atoms with Gasteiger partial charge >= 0.3 is 5.97 Å². The van der Waals surface area contributed by atoms with Crippen LogP contribution in [0.15, 0.2) is 24.3 Å². The summed E-state index contributed by atoms with van der Waals surface area (Å²) >= 11 is 0. The Morgan fingerprint density at radius 1 is 0.416 bits per heavy atom. The Bertz CT molecular complexity index is 1370. The number of ether oxygens (including phenoxy) is 6. The summed E-state index contributed by atoms with van der Waals surface area (Å²) in [5.74, 6) is -0.373. The van der Waals surface area contributed by atoms with Crippen LogP contribution in [0.5, 0.6) is 0 Å². The largest absolute Gasteiger partial charge is 0.457 e. The summed E-state index contributed by atoms with van der Waals surface area (Å²) in [7, 11) is 0. The van der Waals surface area contributed by atoms with E-state index < -0.39 is 80.7 Å². The van der Waals surface area contributed by atoms with E-state index in [2.05, 4.69) is 38.2 Å². The molecule has 11 unspecified atom stereocenters. The molecule has 14 heteroatoms. The second-order valence-corrected chi connectivity index (χ2v) is 22.6. The molecule has 0 spiro atoms. The molecule has 0 amide bonds. The van der Waals surface area contributed by atoms with Crippen molar-refractivity contribution < 1.29 is 69.0 Å². The van der Waals surface area contributed by atoms with Gasteiger partial charge in [-0.2, -0.15) is 0 Å². The van der Waals surface area contributed by atoms with Crippen LogP contribution in [0.25, 0.3) is 0 Å². The molecule has 2 heterocycles. The van der Waals surface area contributed by atoms with Crippen LogP contribution >= 0.6 is 0 Å². The summed E-state index contributed by atoms with van der Waals surface area (Å²) in [6, 6.07) is 0. The molecule has 0 aromatic heterocycles. The Labute approximate surface area is 468 Å². The van der Waals surface area contributed by atoms with E-state index in [0.717, 1.165) is 38.5 Å². The molecule has 11 atom stereocenters. The van der Waals surface area contributed by atoms with Crippen LogP contribution in [-0.2, 0) is 33.2 Å². The van der Waals surface area contributed by atoms with Crippen LogP contribution in [0.2, 0.25) is 0 Å². The van der Waals surface area contributed by atoms with E-state index in [9.17, 15) is 40.5 Å². The molecule has 2 aliphatic rings. The Hall–Kier alpha value is -1.53. The van der Waals surface area contributed by atoms with Crippen LogP contribution in [0.1, 0.15) is 271 Å². The van der Waals surface area contributed by atoms with Crippen molar-refractivity contribution in [2.45, 2.75) is 338 Å². The molecule has 0 aromatic carbocycles. The molecule has 0 radical (unpaired) electrons. The summed E-state index contributed by atoms with van der Waals surface area (Å²) in [6.45, 7) is 3.74. The van der Waals surface area contributed by atoms with Crippen LogP contribution < -0.4 is 0 Å². The van der Waals surface area contributed by atoms with Crippen molar-refractivity contribution in [3.05, 3.63) is 24.3 Å². The van der Waals surface area contributed by atoms with Gasteiger partial charge in [-0.05, 0) is 64.2 Å². The maximum atomic E-state index is 13.1. The predicted molar refractivity (Wildman–Crippen MR) is 307 cm³/mol. The second-order valence-electron chi connectivity index (χ2n) is 22.6. The molecule has 0 saturated carbocycles. The van der Waals surface area contributed by atoms with Crippen LogP contribution in [0, 0.1) is 0 Å². The maximum absolute atomic E-state index is 13.1. The van der Waals surface area contributed by atoms with Gasteiger partial charge in [0, 0.05) is 13.0 Å². The van der Waals surface area contributed by atoms with Crippen molar-refractivity contribution in [2.24, 2.45) is 0 Å². The molecule has 454 valence electrons. The van der Waals surface area contributed by atoms with Gasteiger partial charge in [0.1, 0.15) is 54.9 Å². The smallest absolute Gasteiger partial charge is 0.306 e. The van der Waals surface area contributed by atoms with Crippen molar-refractivity contribution in [1.29, 1.82) is 0 Å². The number of allylic oxidation sites excluding steroid dienone is 4. The summed E-state index contributed by atoms with van der Waals surface area (Å²) in [5.41, 5.74) is 0. The molecule has 7 N–H and O–H groups in total. The van der Waals surface area contributed by atoms with Gasteiger partial charge in [-0.1, -0.05) is 224 Å². The van der Waals surface area contributed by atoms with E-state index in [1.807, 2.05) is 0 Å². The fourth-order valence-corrected chi connectivity index (χ4v) is 10.3. The summed E-state index contributed by atoms with van der Waals surface area (Å²) in [6.07, 6.45) is 42.4. The lowest BCUT2D eigenvalue weighted by Gasteiger charge is -2.42. The standard InChI is InChI=1S/C63H118O14/c1-3-5-7-9-11-13-15-17-19-21-23-24-25-26-27-29-31-33-35-37-39-41-43-45-47-72-49-52(75-55(65)46-44-42-40-38-36-34-32-30-28-22-20-18-16-14-12-10-8-6-4-2)50-73-62-61(71)59(69)57(67)54(77-62)51-74-63-60(70)58(68)56(66)53(48-64)76-63/h18,20-21,23,52-54,56-64,66-71H,3-17,19,22,24-51H2,1-2H3/b20-18-,23-21-. The number of carbonyl (C=O) groups excluding carboxylic acids is 1. The normalized spacial score (nSPS) is 24.4. The maximum Gasteiger partial charge on any atom is 0.306 e. The molecule has 2 fully saturated rings. The lowest BCUT2D eigenvalue weighted by Crippen LogP contribution is -2.61. The number of hydrogen-bond donors (Lipinski definition) is 7. The fourth-order valence-electron chi connectivity index (χ4n) is 10.3. The molecular formula is C63H118O14. The van der Waals surface area contributed by atoms with E-state index in [-0.39, 0.29) is 25.6 Å². The monoisotopic (exact) mass is 1100 g/mol. The first-order valence-corrected chi connectivity index (χ1v) is 31.9. The topological polar surface area (TPSA) is 214 Å². The zero-order valence-electron chi connectivity index (χ0n) is 49.0. The van der Waals surface area contributed by atoms with Crippen molar-refractivity contribution in [3.8, 4) is 0 Å². The minimum Gasteiger partial charge on any atom is -0.457 e. The second kappa shape index (κ2) is 50.2. The number of hydrogen-bond acceptors (Lipinski definition) is 14. The van der Waals surface area contributed by atoms with Gasteiger partial charge in [0.25, 0.3) is 0 Å². The highest BCUT2D eigenvalue weighted by atomic mass is 16.7. The summed E-state index contributed by atoms with van der Waals surface area (Å²) < 4.78 is 34.5. The number of esters is 1. The molecule has 0 aromatic rings. The average molecular weight is 1100 g/mol. The predicted octanol–water partition coefficient (Wildman–Crippen LogP) is 12.3. The molecular weight excluding hydrogens is 981 g/mol. The zero-order chi connectivity index (χ0) is 55.8. The molecule has 0 bridgehead atoms. The number of carbonyl (C=O) groups is 1. The Morgan fingerprint density at radius 2 is 0.766 bits per heavy atom. The Morgan fingerprint density at radius 3 is 1.18 bits per heavy atom.